The Kier molecular flexibility index (Phi) is 4.72. The molecule has 1 aromatic heterocycles. The van der Waals surface area contributed by atoms with Crippen molar-refractivity contribution in [3.8, 4) is 0 Å². The lowest BCUT2D eigenvalue weighted by atomic mass is 10.2. The molecular formula is C11H16N2O3. The average Bonchev–Trinajstić information content (AvgIpc) is 2.29. The van der Waals surface area contributed by atoms with E-state index in [2.05, 4.69) is 10.3 Å². The Hall–Kier alpha value is -1.62. The summed E-state index contributed by atoms with van der Waals surface area (Å²) in [5.41, 5.74) is 0.977. The van der Waals surface area contributed by atoms with Gasteiger partial charge in [0.15, 0.2) is 0 Å². The summed E-state index contributed by atoms with van der Waals surface area (Å²) in [5.74, 6) is -0.410. The number of carboxylic acid groups (broad SMARTS) is 1. The first kappa shape index (κ1) is 12.4. The number of aromatic nitrogens is 1. The summed E-state index contributed by atoms with van der Waals surface area (Å²) in [7, 11) is 0. The molecule has 0 unspecified atom stereocenters. The number of nitrogens with zero attached hydrogens (tertiary/aromatic N) is 1. The molecular weight excluding hydrogens is 208 g/mol. The van der Waals surface area contributed by atoms with E-state index in [1.807, 2.05) is 6.92 Å². The number of aliphatic hydroxyl groups excluding tert-OH is 1. The molecule has 1 heterocycles. The van der Waals surface area contributed by atoms with Gasteiger partial charge in [-0.15, -0.1) is 0 Å². The van der Waals surface area contributed by atoms with Crippen molar-refractivity contribution in [2.75, 3.05) is 18.5 Å². The maximum Gasteiger partial charge on any atom is 0.335 e. The predicted octanol–water partition coefficient (Wildman–Crippen LogP) is 1.14. The molecule has 0 spiro atoms. The molecule has 1 aromatic rings. The molecule has 0 radical (unpaired) electrons. The van der Waals surface area contributed by atoms with Crippen LogP contribution in [0.2, 0.25) is 0 Å². The van der Waals surface area contributed by atoms with E-state index in [0.29, 0.717) is 25.2 Å². The van der Waals surface area contributed by atoms with E-state index in [-0.39, 0.29) is 12.2 Å². The number of hydrogen-bond donors (Lipinski definition) is 3. The van der Waals surface area contributed by atoms with E-state index < -0.39 is 5.97 Å². The molecule has 16 heavy (non-hydrogen) atoms. The van der Waals surface area contributed by atoms with Crippen LogP contribution in [0.25, 0.3) is 0 Å². The fourth-order valence-corrected chi connectivity index (χ4v) is 1.28. The number of nitrogens with one attached hydrogen (secondary N) is 1. The number of aromatic carboxylic acids is 1. The van der Waals surface area contributed by atoms with Crippen LogP contribution >= 0.6 is 0 Å². The van der Waals surface area contributed by atoms with Crippen LogP contribution in [0.1, 0.15) is 29.4 Å². The first-order valence-electron chi connectivity index (χ1n) is 5.26. The largest absolute Gasteiger partial charge is 0.478 e. The lowest BCUT2D eigenvalue weighted by molar-refractivity contribution is 0.0696. The number of rotatable bonds is 6. The van der Waals surface area contributed by atoms with Crippen molar-refractivity contribution in [2.24, 2.45) is 0 Å². The van der Waals surface area contributed by atoms with E-state index in [1.54, 1.807) is 6.07 Å². The highest BCUT2D eigenvalue weighted by Gasteiger charge is 2.07. The standard InChI is InChI=1S/C11H16N2O3/c1-2-9-6-8(11(15)16)7-10(13-9)12-4-3-5-14/h6-7,14H,2-5H2,1H3,(H,12,13)(H,15,16). The molecule has 0 aliphatic carbocycles. The number of hydrogen-bond acceptors (Lipinski definition) is 4. The van der Waals surface area contributed by atoms with E-state index in [1.165, 1.54) is 6.07 Å². The van der Waals surface area contributed by atoms with Gasteiger partial charge in [0.05, 0.1) is 5.56 Å². The molecule has 5 nitrogen and oxygen atoms in total. The number of carbonyl (C=O) groups is 1. The summed E-state index contributed by atoms with van der Waals surface area (Å²) < 4.78 is 0. The molecule has 0 amide bonds. The highest BCUT2D eigenvalue weighted by molar-refractivity contribution is 5.88. The van der Waals surface area contributed by atoms with Crippen LogP contribution in [0, 0.1) is 0 Å². The van der Waals surface area contributed by atoms with Gasteiger partial charge < -0.3 is 15.5 Å². The molecule has 0 aliphatic rings. The Morgan fingerprint density at radius 2 is 2.25 bits per heavy atom. The third-order valence-corrected chi connectivity index (χ3v) is 2.13. The van der Waals surface area contributed by atoms with E-state index >= 15 is 0 Å². The number of aliphatic hydroxyl groups is 1. The van der Waals surface area contributed by atoms with Gasteiger partial charge in [0.1, 0.15) is 5.82 Å². The van der Waals surface area contributed by atoms with Gasteiger partial charge in [-0.1, -0.05) is 6.92 Å². The van der Waals surface area contributed by atoms with Crippen LogP contribution < -0.4 is 5.32 Å². The molecule has 88 valence electrons. The topological polar surface area (TPSA) is 82.5 Å². The number of pyridine rings is 1. The molecule has 5 heteroatoms. The number of anilines is 1. The van der Waals surface area contributed by atoms with Gasteiger partial charge in [-0.2, -0.15) is 0 Å². The molecule has 0 saturated heterocycles. The summed E-state index contributed by atoms with van der Waals surface area (Å²) in [6.45, 7) is 2.60. The summed E-state index contributed by atoms with van der Waals surface area (Å²) >= 11 is 0. The fraction of sp³-hybridized carbons (Fsp3) is 0.455. The van der Waals surface area contributed by atoms with Crippen molar-refractivity contribution in [1.29, 1.82) is 0 Å². The van der Waals surface area contributed by atoms with Gasteiger partial charge in [0, 0.05) is 18.8 Å². The van der Waals surface area contributed by atoms with Crippen LogP contribution in [0.4, 0.5) is 5.82 Å². The maximum absolute atomic E-state index is 10.9. The van der Waals surface area contributed by atoms with Crippen molar-refractivity contribution < 1.29 is 15.0 Å². The molecule has 0 fully saturated rings. The van der Waals surface area contributed by atoms with Gasteiger partial charge in [0.2, 0.25) is 0 Å². The summed E-state index contributed by atoms with van der Waals surface area (Å²) in [4.78, 5) is 15.1. The maximum atomic E-state index is 10.9. The zero-order valence-electron chi connectivity index (χ0n) is 9.23. The third kappa shape index (κ3) is 3.51. The fourth-order valence-electron chi connectivity index (χ4n) is 1.28. The molecule has 0 bridgehead atoms. The number of aryl methyl sites for hydroxylation is 1. The second-order valence-corrected chi connectivity index (χ2v) is 3.40. The van der Waals surface area contributed by atoms with Crippen molar-refractivity contribution in [3.05, 3.63) is 23.4 Å². The minimum absolute atomic E-state index is 0.103. The molecule has 3 N–H and O–H groups in total. The normalized spacial score (nSPS) is 10.1. The van der Waals surface area contributed by atoms with Crippen LogP contribution in [0.3, 0.4) is 0 Å². The zero-order valence-corrected chi connectivity index (χ0v) is 9.23. The second kappa shape index (κ2) is 6.07. The smallest absolute Gasteiger partial charge is 0.335 e. The van der Waals surface area contributed by atoms with Crippen molar-refractivity contribution >= 4 is 11.8 Å². The van der Waals surface area contributed by atoms with Crippen LogP contribution in [0.5, 0.6) is 0 Å². The molecule has 1 rings (SSSR count). The lowest BCUT2D eigenvalue weighted by Gasteiger charge is -2.07. The minimum Gasteiger partial charge on any atom is -0.478 e. The SMILES string of the molecule is CCc1cc(C(=O)O)cc(NCCCO)n1. The Morgan fingerprint density at radius 1 is 1.50 bits per heavy atom. The Bertz CT molecular complexity index is 366. The first-order valence-corrected chi connectivity index (χ1v) is 5.26. The quantitative estimate of drug-likeness (QED) is 0.631. The highest BCUT2D eigenvalue weighted by Crippen LogP contribution is 2.11. The monoisotopic (exact) mass is 224 g/mol. The van der Waals surface area contributed by atoms with Crippen LogP contribution in [-0.4, -0.2) is 34.3 Å². The van der Waals surface area contributed by atoms with E-state index in [0.717, 1.165) is 5.69 Å². The zero-order chi connectivity index (χ0) is 12.0. The summed E-state index contributed by atoms with van der Waals surface area (Å²) in [6.07, 6.45) is 1.30. The lowest BCUT2D eigenvalue weighted by Crippen LogP contribution is -2.08. The van der Waals surface area contributed by atoms with Crippen LogP contribution in [-0.2, 0) is 6.42 Å². The van der Waals surface area contributed by atoms with Gasteiger partial charge in [-0.3, -0.25) is 0 Å². The Morgan fingerprint density at radius 3 is 2.81 bits per heavy atom. The van der Waals surface area contributed by atoms with Gasteiger partial charge >= 0.3 is 5.97 Å². The Balaban J connectivity index is 2.82. The molecule has 0 aromatic carbocycles. The van der Waals surface area contributed by atoms with Crippen molar-refractivity contribution in [2.45, 2.75) is 19.8 Å². The third-order valence-electron chi connectivity index (χ3n) is 2.13. The molecule has 0 saturated carbocycles. The number of carboxylic acids is 1. The van der Waals surface area contributed by atoms with Crippen LogP contribution in [0.15, 0.2) is 12.1 Å². The predicted molar refractivity (Wildman–Crippen MR) is 60.8 cm³/mol. The van der Waals surface area contributed by atoms with E-state index in [9.17, 15) is 4.79 Å². The van der Waals surface area contributed by atoms with Gasteiger partial charge in [0.25, 0.3) is 0 Å². The average molecular weight is 224 g/mol. The van der Waals surface area contributed by atoms with E-state index in [4.69, 9.17) is 10.2 Å². The Labute approximate surface area is 94.1 Å². The first-order chi connectivity index (χ1) is 7.67. The summed E-state index contributed by atoms with van der Waals surface area (Å²) in [5, 5.41) is 20.5. The molecule has 0 aliphatic heterocycles. The molecule has 0 atom stereocenters. The minimum atomic E-state index is -0.956. The van der Waals surface area contributed by atoms with Crippen molar-refractivity contribution in [1.82, 2.24) is 4.98 Å². The summed E-state index contributed by atoms with van der Waals surface area (Å²) in [6, 6.07) is 3.07. The highest BCUT2D eigenvalue weighted by atomic mass is 16.4. The van der Waals surface area contributed by atoms with Gasteiger partial charge in [-0.05, 0) is 25.0 Å². The van der Waals surface area contributed by atoms with Crippen molar-refractivity contribution in [3.63, 3.8) is 0 Å². The van der Waals surface area contributed by atoms with Gasteiger partial charge in [-0.25, -0.2) is 9.78 Å². The second-order valence-electron chi connectivity index (χ2n) is 3.40.